The van der Waals surface area contributed by atoms with Gasteiger partial charge in [-0.3, -0.25) is 0 Å². The first-order chi connectivity index (χ1) is 12.1. The second-order valence-electron chi connectivity index (χ2n) is 6.85. The monoisotopic (exact) mass is 342 g/mol. The summed E-state index contributed by atoms with van der Waals surface area (Å²) in [6.07, 6.45) is 4.72. The quantitative estimate of drug-likeness (QED) is 0.799. The first kappa shape index (κ1) is 16.0. The Morgan fingerprint density at radius 1 is 1.48 bits per heavy atom. The molecule has 3 atom stereocenters. The highest BCUT2D eigenvalue weighted by atomic mass is 16.5. The molecule has 0 saturated heterocycles. The molecule has 0 aromatic heterocycles. The van der Waals surface area contributed by atoms with Gasteiger partial charge in [0.15, 0.2) is 11.5 Å². The number of hydrazone groups is 1. The molecule has 1 aromatic rings. The lowest BCUT2D eigenvalue weighted by Crippen LogP contribution is -2.30. The van der Waals surface area contributed by atoms with Gasteiger partial charge in [0.25, 0.3) is 0 Å². The molecule has 25 heavy (non-hydrogen) atoms. The second-order valence-corrected chi connectivity index (χ2v) is 6.85. The summed E-state index contributed by atoms with van der Waals surface area (Å²) in [5.74, 6) is 2.19. The molecule has 2 heterocycles. The number of nitrogens with two attached hydrogens (primary N) is 1. The highest BCUT2D eigenvalue weighted by Crippen LogP contribution is 2.52. The van der Waals surface area contributed by atoms with E-state index in [1.54, 1.807) is 7.11 Å². The Bertz CT molecular complexity index is 774. The van der Waals surface area contributed by atoms with Gasteiger partial charge in [0, 0.05) is 36.9 Å². The Labute approximate surface area is 146 Å². The third kappa shape index (κ3) is 2.74. The number of hydrogen-bond donors (Lipinski definition) is 2. The molecule has 3 unspecified atom stereocenters. The van der Waals surface area contributed by atoms with E-state index < -0.39 is 6.03 Å². The molecule has 3 N–H and O–H groups in total. The van der Waals surface area contributed by atoms with Crippen molar-refractivity contribution in [2.24, 2.45) is 16.8 Å². The molecule has 0 fully saturated rings. The van der Waals surface area contributed by atoms with Gasteiger partial charge in [-0.25, -0.2) is 10.2 Å². The molecule has 1 aromatic carbocycles. The molecule has 3 aliphatic rings. The van der Waals surface area contributed by atoms with Gasteiger partial charge in [-0.15, -0.1) is 0 Å². The van der Waals surface area contributed by atoms with Gasteiger partial charge in [-0.1, -0.05) is 12.1 Å². The molecular formula is C18H22N4O3. The van der Waals surface area contributed by atoms with Crippen LogP contribution >= 0.6 is 0 Å². The van der Waals surface area contributed by atoms with E-state index in [1.165, 1.54) is 11.1 Å². The maximum absolute atomic E-state index is 11.0. The SMILES string of the molecule is COc1ccc2c3c1OC1C/C(=N/NC(N)=O)C=CC(CN(C)C2)C31. The van der Waals surface area contributed by atoms with Gasteiger partial charge in [-0.05, 0) is 24.8 Å². The Morgan fingerprint density at radius 3 is 3.08 bits per heavy atom. The van der Waals surface area contributed by atoms with Crippen molar-refractivity contribution in [1.29, 1.82) is 0 Å². The Morgan fingerprint density at radius 2 is 2.32 bits per heavy atom. The van der Waals surface area contributed by atoms with Crippen molar-refractivity contribution in [3.8, 4) is 11.5 Å². The van der Waals surface area contributed by atoms with E-state index in [2.05, 4.69) is 34.6 Å². The number of urea groups is 1. The van der Waals surface area contributed by atoms with Crippen LogP contribution in [0.15, 0.2) is 29.4 Å². The predicted molar refractivity (Wildman–Crippen MR) is 93.9 cm³/mol. The van der Waals surface area contributed by atoms with Gasteiger partial charge in [0.2, 0.25) is 0 Å². The van der Waals surface area contributed by atoms with Crippen LogP contribution in [0.25, 0.3) is 0 Å². The van der Waals surface area contributed by atoms with Crippen molar-refractivity contribution in [2.75, 3.05) is 20.7 Å². The van der Waals surface area contributed by atoms with Crippen molar-refractivity contribution >= 4 is 11.7 Å². The van der Waals surface area contributed by atoms with Gasteiger partial charge >= 0.3 is 6.03 Å². The van der Waals surface area contributed by atoms with Crippen LogP contribution in [0.3, 0.4) is 0 Å². The molecular weight excluding hydrogens is 320 g/mol. The van der Waals surface area contributed by atoms with Gasteiger partial charge in [-0.2, -0.15) is 5.10 Å². The molecule has 132 valence electrons. The number of nitrogens with one attached hydrogen (secondary N) is 1. The Hall–Kier alpha value is -2.54. The highest BCUT2D eigenvalue weighted by Gasteiger charge is 2.45. The number of carbonyl (C=O) groups is 1. The lowest BCUT2D eigenvalue weighted by molar-refractivity contribution is 0.176. The number of allylic oxidation sites excluding steroid dienone is 1. The number of nitrogens with zero attached hydrogens (tertiary/aromatic N) is 2. The molecule has 0 radical (unpaired) electrons. The Balaban J connectivity index is 1.78. The maximum atomic E-state index is 11.0. The van der Waals surface area contributed by atoms with Crippen LogP contribution in [0, 0.1) is 5.92 Å². The summed E-state index contributed by atoms with van der Waals surface area (Å²) in [7, 11) is 3.80. The largest absolute Gasteiger partial charge is 0.493 e. The van der Waals surface area contributed by atoms with E-state index in [1.807, 2.05) is 12.1 Å². The molecule has 2 aliphatic heterocycles. The summed E-state index contributed by atoms with van der Waals surface area (Å²) in [4.78, 5) is 13.3. The smallest absolute Gasteiger partial charge is 0.332 e. The maximum Gasteiger partial charge on any atom is 0.332 e. The van der Waals surface area contributed by atoms with Crippen LogP contribution in [-0.4, -0.2) is 43.4 Å². The first-order valence-electron chi connectivity index (χ1n) is 8.42. The van der Waals surface area contributed by atoms with E-state index in [0.717, 1.165) is 30.3 Å². The average Bonchev–Trinajstić information content (AvgIpc) is 2.78. The predicted octanol–water partition coefficient (Wildman–Crippen LogP) is 1.59. The van der Waals surface area contributed by atoms with Crippen molar-refractivity contribution in [3.05, 3.63) is 35.4 Å². The van der Waals surface area contributed by atoms with Crippen LogP contribution in [0.4, 0.5) is 4.79 Å². The van der Waals surface area contributed by atoms with E-state index in [4.69, 9.17) is 15.2 Å². The second kappa shape index (κ2) is 6.07. The van der Waals surface area contributed by atoms with Crippen molar-refractivity contribution < 1.29 is 14.3 Å². The van der Waals surface area contributed by atoms with Crippen LogP contribution in [0.2, 0.25) is 0 Å². The summed E-state index contributed by atoms with van der Waals surface area (Å²) in [6.45, 7) is 1.83. The molecule has 0 spiro atoms. The van der Waals surface area contributed by atoms with Gasteiger partial charge < -0.3 is 20.1 Å². The number of ether oxygens (including phenoxy) is 2. The zero-order valence-corrected chi connectivity index (χ0v) is 14.4. The van der Waals surface area contributed by atoms with Crippen LogP contribution < -0.4 is 20.6 Å². The number of rotatable bonds is 2. The van der Waals surface area contributed by atoms with Crippen LogP contribution in [0.5, 0.6) is 11.5 Å². The van der Waals surface area contributed by atoms with Crippen molar-refractivity contribution in [1.82, 2.24) is 10.3 Å². The summed E-state index contributed by atoms with van der Waals surface area (Å²) >= 11 is 0. The minimum atomic E-state index is -0.668. The van der Waals surface area contributed by atoms with Crippen molar-refractivity contribution in [2.45, 2.75) is 25.0 Å². The summed E-state index contributed by atoms with van der Waals surface area (Å²) < 4.78 is 11.8. The third-order valence-corrected chi connectivity index (χ3v) is 5.15. The molecule has 0 bridgehead atoms. The molecule has 4 rings (SSSR count). The van der Waals surface area contributed by atoms with E-state index in [-0.39, 0.29) is 12.0 Å². The zero-order valence-electron chi connectivity index (χ0n) is 14.4. The molecule has 0 saturated carbocycles. The number of methoxy groups -OCH3 is 1. The van der Waals surface area contributed by atoms with E-state index in [9.17, 15) is 4.79 Å². The fraction of sp³-hybridized carbons (Fsp3) is 0.444. The molecule has 7 nitrogen and oxygen atoms in total. The van der Waals surface area contributed by atoms with E-state index in [0.29, 0.717) is 12.3 Å². The van der Waals surface area contributed by atoms with Crippen LogP contribution in [0.1, 0.15) is 23.5 Å². The lowest BCUT2D eigenvalue weighted by atomic mass is 9.82. The third-order valence-electron chi connectivity index (χ3n) is 5.15. The summed E-state index contributed by atoms with van der Waals surface area (Å²) in [6, 6.07) is 3.45. The number of hydrogen-bond acceptors (Lipinski definition) is 5. The lowest BCUT2D eigenvalue weighted by Gasteiger charge is -2.24. The van der Waals surface area contributed by atoms with Gasteiger partial charge in [0.1, 0.15) is 6.10 Å². The molecule has 7 heteroatoms. The number of benzene rings is 1. The average molecular weight is 342 g/mol. The number of primary amides is 1. The summed E-state index contributed by atoms with van der Waals surface area (Å²) in [5.41, 5.74) is 10.7. The molecule has 1 aliphatic carbocycles. The van der Waals surface area contributed by atoms with Gasteiger partial charge in [0.05, 0.1) is 12.8 Å². The molecule has 2 amide bonds. The fourth-order valence-electron chi connectivity index (χ4n) is 4.20. The minimum absolute atomic E-state index is 0.0371. The zero-order chi connectivity index (χ0) is 17.6. The topological polar surface area (TPSA) is 89.2 Å². The minimum Gasteiger partial charge on any atom is -0.493 e. The fourth-order valence-corrected chi connectivity index (χ4v) is 4.20. The van der Waals surface area contributed by atoms with Crippen LogP contribution in [-0.2, 0) is 6.54 Å². The van der Waals surface area contributed by atoms with E-state index >= 15 is 0 Å². The number of carbonyl (C=O) groups excluding carboxylic acids is 1. The first-order valence-corrected chi connectivity index (χ1v) is 8.42. The highest BCUT2D eigenvalue weighted by molar-refractivity contribution is 5.96. The number of amides is 2. The normalized spacial score (nSPS) is 28.7. The Kier molecular flexibility index (Phi) is 3.88. The summed E-state index contributed by atoms with van der Waals surface area (Å²) in [5, 5.41) is 4.12. The standard InChI is InChI=1S/C18H22N4O3/c1-22-8-10-3-5-12(20-21-18(19)23)7-14-15(10)16-11(9-22)4-6-13(24-2)17(16)25-14/h3-6,10,14-15H,7-9H2,1-2H3,(H3,19,21,23)/b20-12+. The van der Waals surface area contributed by atoms with Crippen molar-refractivity contribution in [3.63, 3.8) is 0 Å².